The van der Waals surface area contributed by atoms with E-state index in [-0.39, 0.29) is 0 Å². The minimum absolute atomic E-state index is 0.742. The van der Waals surface area contributed by atoms with Gasteiger partial charge in [0.15, 0.2) is 6.29 Å². The van der Waals surface area contributed by atoms with Crippen molar-refractivity contribution in [2.45, 2.75) is 13.0 Å². The first-order valence-corrected chi connectivity index (χ1v) is 10.2. The molecule has 5 rings (SSSR count). The molecule has 0 saturated carbocycles. The van der Waals surface area contributed by atoms with E-state index in [2.05, 4.69) is 45.2 Å². The van der Waals surface area contributed by atoms with Crippen LogP contribution in [-0.4, -0.2) is 59.5 Å². The molecule has 138 valence electrons. The molecule has 0 spiro atoms. The number of thiophene rings is 1. The molecular formula is C21H22N4OS. The quantitative estimate of drug-likeness (QED) is 0.554. The first-order chi connectivity index (χ1) is 13.2. The SMILES string of the molecule is CN1CCN(Cc2ccc3c(c2)Cc2c(-c4csc(C=O)c4)n[nH]c2-3)CC1. The molecule has 3 heterocycles. The molecule has 5 nitrogen and oxygen atoms in total. The second-order valence-electron chi connectivity index (χ2n) is 7.53. The predicted molar refractivity (Wildman–Crippen MR) is 108 cm³/mol. The van der Waals surface area contributed by atoms with Gasteiger partial charge in [0.25, 0.3) is 0 Å². The Hall–Kier alpha value is -2.28. The summed E-state index contributed by atoms with van der Waals surface area (Å²) in [6, 6.07) is 8.77. The van der Waals surface area contributed by atoms with Gasteiger partial charge in [0.05, 0.1) is 16.3 Å². The van der Waals surface area contributed by atoms with Crippen molar-refractivity contribution in [1.29, 1.82) is 0 Å². The summed E-state index contributed by atoms with van der Waals surface area (Å²) in [6.07, 6.45) is 1.81. The van der Waals surface area contributed by atoms with Gasteiger partial charge in [-0.05, 0) is 24.2 Å². The summed E-state index contributed by atoms with van der Waals surface area (Å²) in [5.41, 5.74) is 8.41. The standard InChI is InChI=1S/C21H22N4OS/c1-24-4-6-25(7-5-24)11-14-2-3-18-15(8-14)10-19-20(22-23-21(18)19)16-9-17(12-26)27-13-16/h2-3,8-9,12-13H,4-7,10-11H2,1H3,(H,22,23). The van der Waals surface area contributed by atoms with Gasteiger partial charge in [-0.2, -0.15) is 5.10 Å². The lowest BCUT2D eigenvalue weighted by atomic mass is 10.0. The summed E-state index contributed by atoms with van der Waals surface area (Å²) in [5.74, 6) is 0. The highest BCUT2D eigenvalue weighted by Gasteiger charge is 2.26. The Morgan fingerprint density at radius 3 is 2.85 bits per heavy atom. The van der Waals surface area contributed by atoms with Crippen LogP contribution in [0.3, 0.4) is 0 Å². The average molecular weight is 379 g/mol. The van der Waals surface area contributed by atoms with E-state index < -0.39 is 0 Å². The van der Waals surface area contributed by atoms with Crippen LogP contribution >= 0.6 is 11.3 Å². The summed E-state index contributed by atoms with van der Waals surface area (Å²) >= 11 is 1.47. The van der Waals surface area contributed by atoms with Gasteiger partial charge in [-0.15, -0.1) is 11.3 Å². The van der Waals surface area contributed by atoms with E-state index in [0.29, 0.717) is 0 Å². The highest BCUT2D eigenvalue weighted by molar-refractivity contribution is 7.12. The van der Waals surface area contributed by atoms with Crippen LogP contribution in [0.25, 0.3) is 22.5 Å². The van der Waals surface area contributed by atoms with Crippen molar-refractivity contribution in [3.63, 3.8) is 0 Å². The Morgan fingerprint density at radius 1 is 1.22 bits per heavy atom. The van der Waals surface area contributed by atoms with E-state index >= 15 is 0 Å². The average Bonchev–Trinajstić information content (AvgIpc) is 3.37. The van der Waals surface area contributed by atoms with Crippen LogP contribution < -0.4 is 0 Å². The van der Waals surface area contributed by atoms with Crippen LogP contribution in [0.4, 0.5) is 0 Å². The molecule has 0 radical (unpaired) electrons. The molecule has 0 amide bonds. The summed E-state index contributed by atoms with van der Waals surface area (Å²) in [4.78, 5) is 16.7. The number of H-pyrrole nitrogens is 1. The van der Waals surface area contributed by atoms with Crippen molar-refractivity contribution < 1.29 is 4.79 Å². The third kappa shape index (κ3) is 3.04. The van der Waals surface area contributed by atoms with Crippen LogP contribution in [0, 0.1) is 0 Å². The van der Waals surface area contributed by atoms with Gasteiger partial charge >= 0.3 is 0 Å². The second kappa shape index (κ2) is 6.71. The van der Waals surface area contributed by atoms with Crippen LogP contribution in [0.1, 0.15) is 26.4 Å². The zero-order valence-electron chi connectivity index (χ0n) is 15.4. The van der Waals surface area contributed by atoms with E-state index in [0.717, 1.165) is 67.3 Å². The number of aromatic nitrogens is 2. The van der Waals surface area contributed by atoms with Crippen molar-refractivity contribution in [3.05, 3.63) is 51.2 Å². The number of nitrogens with one attached hydrogen (secondary N) is 1. The number of carbonyl (C=O) groups is 1. The monoisotopic (exact) mass is 378 g/mol. The van der Waals surface area contributed by atoms with Gasteiger partial charge in [-0.1, -0.05) is 18.2 Å². The molecule has 0 bridgehead atoms. The number of rotatable bonds is 4. The Bertz CT molecular complexity index is 998. The molecule has 3 aromatic rings. The number of nitrogens with zero attached hydrogens (tertiary/aromatic N) is 3. The first kappa shape index (κ1) is 16.9. The maximum atomic E-state index is 11.0. The Kier molecular flexibility index (Phi) is 4.19. The normalized spacial score (nSPS) is 17.1. The van der Waals surface area contributed by atoms with Gasteiger partial charge in [-0.3, -0.25) is 14.8 Å². The van der Waals surface area contributed by atoms with Gasteiger partial charge in [0, 0.05) is 61.2 Å². The smallest absolute Gasteiger partial charge is 0.160 e. The highest BCUT2D eigenvalue weighted by Crippen LogP contribution is 2.41. The second-order valence-corrected chi connectivity index (χ2v) is 8.47. The number of fused-ring (bicyclic) bond motifs is 3. The maximum absolute atomic E-state index is 11.0. The summed E-state index contributed by atoms with van der Waals surface area (Å²) < 4.78 is 0. The van der Waals surface area contributed by atoms with Crippen molar-refractivity contribution >= 4 is 17.6 Å². The Balaban J connectivity index is 1.39. The third-order valence-corrected chi connectivity index (χ3v) is 6.54. The molecule has 27 heavy (non-hydrogen) atoms. The number of hydrogen-bond acceptors (Lipinski definition) is 5. The molecule has 1 fully saturated rings. The van der Waals surface area contributed by atoms with Gasteiger partial charge in [0.2, 0.25) is 0 Å². The fourth-order valence-corrected chi connectivity index (χ4v) is 4.82. The Labute approximate surface area is 162 Å². The lowest BCUT2D eigenvalue weighted by molar-refractivity contribution is 0.112. The van der Waals surface area contributed by atoms with Crippen molar-refractivity contribution in [2.75, 3.05) is 33.2 Å². The summed E-state index contributed by atoms with van der Waals surface area (Å²) in [5, 5.41) is 9.77. The first-order valence-electron chi connectivity index (χ1n) is 9.35. The highest BCUT2D eigenvalue weighted by atomic mass is 32.1. The van der Waals surface area contributed by atoms with Crippen molar-refractivity contribution in [2.24, 2.45) is 0 Å². The van der Waals surface area contributed by atoms with Crippen molar-refractivity contribution in [3.8, 4) is 22.5 Å². The van der Waals surface area contributed by atoms with Gasteiger partial charge in [-0.25, -0.2) is 0 Å². The number of aromatic amines is 1. The molecule has 1 aliphatic carbocycles. The third-order valence-electron chi connectivity index (χ3n) is 5.68. The van der Waals surface area contributed by atoms with Crippen LogP contribution in [-0.2, 0) is 13.0 Å². The number of hydrogen-bond donors (Lipinski definition) is 1. The molecule has 1 N–H and O–H groups in total. The minimum Gasteiger partial charge on any atom is -0.304 e. The van der Waals surface area contributed by atoms with Gasteiger partial charge in [0.1, 0.15) is 0 Å². The molecule has 0 atom stereocenters. The van der Waals surface area contributed by atoms with Crippen LogP contribution in [0.2, 0.25) is 0 Å². The Morgan fingerprint density at radius 2 is 2.07 bits per heavy atom. The molecule has 2 aliphatic rings. The van der Waals surface area contributed by atoms with Crippen LogP contribution in [0.5, 0.6) is 0 Å². The van der Waals surface area contributed by atoms with Crippen molar-refractivity contribution in [1.82, 2.24) is 20.0 Å². The summed E-state index contributed by atoms with van der Waals surface area (Å²) in [6.45, 7) is 5.59. The molecule has 2 aromatic heterocycles. The van der Waals surface area contributed by atoms with E-state index in [1.165, 1.54) is 33.6 Å². The zero-order valence-corrected chi connectivity index (χ0v) is 16.2. The number of aldehydes is 1. The number of piperazine rings is 1. The van der Waals surface area contributed by atoms with E-state index in [4.69, 9.17) is 0 Å². The zero-order chi connectivity index (χ0) is 18.4. The fraction of sp³-hybridized carbons (Fsp3) is 0.333. The molecule has 1 aliphatic heterocycles. The van der Waals surface area contributed by atoms with Gasteiger partial charge < -0.3 is 4.90 Å². The topological polar surface area (TPSA) is 52.2 Å². The minimum atomic E-state index is 0.742. The summed E-state index contributed by atoms with van der Waals surface area (Å²) in [7, 11) is 2.19. The molecule has 1 aromatic carbocycles. The number of likely N-dealkylation sites (N-methyl/N-ethyl adjacent to an activating group) is 1. The lowest BCUT2D eigenvalue weighted by Gasteiger charge is -2.32. The lowest BCUT2D eigenvalue weighted by Crippen LogP contribution is -2.43. The van der Waals surface area contributed by atoms with E-state index in [9.17, 15) is 4.79 Å². The number of carbonyl (C=O) groups excluding carboxylic acids is 1. The van der Waals surface area contributed by atoms with E-state index in [1.807, 2.05) is 11.4 Å². The fourth-order valence-electron chi connectivity index (χ4n) is 4.13. The maximum Gasteiger partial charge on any atom is 0.160 e. The number of benzene rings is 1. The molecule has 0 unspecified atom stereocenters. The van der Waals surface area contributed by atoms with E-state index in [1.54, 1.807) is 0 Å². The molecule has 1 saturated heterocycles. The largest absolute Gasteiger partial charge is 0.304 e. The van der Waals surface area contributed by atoms with Crippen LogP contribution in [0.15, 0.2) is 29.6 Å². The molecule has 6 heteroatoms. The molecular weight excluding hydrogens is 356 g/mol. The predicted octanol–water partition coefficient (Wildman–Crippen LogP) is 3.27.